The van der Waals surface area contributed by atoms with Crippen LogP contribution in [0.4, 0.5) is 0 Å². The molecule has 0 radical (unpaired) electrons. The molecule has 0 N–H and O–H groups in total. The number of hydrogen-bond donors (Lipinski definition) is 0. The van der Waals surface area contributed by atoms with E-state index >= 15 is 0 Å². The first kappa shape index (κ1) is 21.1. The van der Waals surface area contributed by atoms with Crippen LogP contribution in [-0.4, -0.2) is 4.57 Å². The Morgan fingerprint density at radius 3 is 2.31 bits per heavy atom. The molecular formula is C27H31NS. The standard InChI is InChI=1S/C27H31NS/c1-8-13-21-23-17-19(18(6)16-25(23)28(7)24(21)10-3)14-15-22-20(9-2)26(11-4)29-27(22)12-5/h8-9,11-15,17-18H,2,4-5,10,16H2,1,3,6-7H3/b13-8-,15-14-. The Balaban J connectivity index is 2.11. The van der Waals surface area contributed by atoms with E-state index < -0.39 is 0 Å². The van der Waals surface area contributed by atoms with E-state index in [4.69, 9.17) is 0 Å². The number of thiophene rings is 1. The highest BCUT2D eigenvalue weighted by molar-refractivity contribution is 7.14. The van der Waals surface area contributed by atoms with Gasteiger partial charge in [-0.05, 0) is 42.9 Å². The van der Waals surface area contributed by atoms with E-state index in [1.54, 1.807) is 11.3 Å². The van der Waals surface area contributed by atoms with Crippen molar-refractivity contribution in [3.63, 3.8) is 0 Å². The maximum atomic E-state index is 4.01. The van der Waals surface area contributed by atoms with Crippen LogP contribution in [0.2, 0.25) is 0 Å². The van der Waals surface area contributed by atoms with Crippen molar-refractivity contribution in [1.82, 2.24) is 4.57 Å². The topological polar surface area (TPSA) is 4.93 Å². The van der Waals surface area contributed by atoms with Crippen molar-refractivity contribution >= 4 is 47.8 Å². The van der Waals surface area contributed by atoms with Crippen molar-refractivity contribution in [3.8, 4) is 0 Å². The number of allylic oxidation sites excluding steroid dienone is 3. The Hall–Kier alpha value is -2.58. The van der Waals surface area contributed by atoms with Gasteiger partial charge in [0.2, 0.25) is 0 Å². The Morgan fingerprint density at radius 2 is 1.72 bits per heavy atom. The third kappa shape index (κ3) is 3.70. The van der Waals surface area contributed by atoms with Gasteiger partial charge in [0.05, 0.1) is 0 Å². The van der Waals surface area contributed by atoms with Gasteiger partial charge in [0.25, 0.3) is 0 Å². The first-order valence-electron chi connectivity index (χ1n) is 10.3. The van der Waals surface area contributed by atoms with Gasteiger partial charge in [-0.2, -0.15) is 0 Å². The van der Waals surface area contributed by atoms with Crippen molar-refractivity contribution in [2.45, 2.75) is 33.6 Å². The van der Waals surface area contributed by atoms with Crippen LogP contribution in [0.1, 0.15) is 64.2 Å². The van der Waals surface area contributed by atoms with Gasteiger partial charge in [-0.25, -0.2) is 0 Å². The molecule has 0 amide bonds. The lowest BCUT2D eigenvalue weighted by Gasteiger charge is -2.20. The Bertz CT molecular complexity index is 1050. The van der Waals surface area contributed by atoms with Crippen LogP contribution in [-0.2, 0) is 19.9 Å². The molecule has 1 aliphatic carbocycles. The second-order valence-electron chi connectivity index (χ2n) is 7.49. The van der Waals surface area contributed by atoms with Gasteiger partial charge < -0.3 is 4.57 Å². The predicted octanol–water partition coefficient (Wildman–Crippen LogP) is 7.90. The molecule has 2 aromatic heterocycles. The van der Waals surface area contributed by atoms with Gasteiger partial charge in [0, 0.05) is 44.9 Å². The summed E-state index contributed by atoms with van der Waals surface area (Å²) in [6, 6.07) is 0. The van der Waals surface area contributed by atoms with Gasteiger partial charge in [0.15, 0.2) is 0 Å². The molecule has 0 spiro atoms. The van der Waals surface area contributed by atoms with Crippen LogP contribution in [0.25, 0.3) is 36.5 Å². The molecule has 150 valence electrons. The first-order chi connectivity index (χ1) is 14.0. The average Bonchev–Trinajstić information content (AvgIpc) is 3.20. The Labute approximate surface area is 179 Å². The molecule has 0 aliphatic heterocycles. The van der Waals surface area contributed by atoms with Gasteiger partial charge in [-0.3, -0.25) is 0 Å². The quantitative estimate of drug-likeness (QED) is 0.444. The largest absolute Gasteiger partial charge is 0.350 e. The minimum absolute atomic E-state index is 0.479. The zero-order valence-electron chi connectivity index (χ0n) is 18.1. The summed E-state index contributed by atoms with van der Waals surface area (Å²) in [6.45, 7) is 18.6. The van der Waals surface area contributed by atoms with Gasteiger partial charge in [0.1, 0.15) is 0 Å². The van der Waals surface area contributed by atoms with Crippen LogP contribution in [0.15, 0.2) is 37.5 Å². The van der Waals surface area contributed by atoms with Crippen molar-refractivity contribution in [1.29, 1.82) is 0 Å². The van der Waals surface area contributed by atoms with Crippen molar-refractivity contribution in [2.75, 3.05) is 0 Å². The maximum absolute atomic E-state index is 4.01. The van der Waals surface area contributed by atoms with E-state index in [0.29, 0.717) is 5.92 Å². The Kier molecular flexibility index (Phi) is 6.44. The summed E-state index contributed by atoms with van der Waals surface area (Å²) in [5.41, 5.74) is 9.31. The lowest BCUT2D eigenvalue weighted by Crippen LogP contribution is -2.12. The van der Waals surface area contributed by atoms with Crippen LogP contribution < -0.4 is 0 Å². The van der Waals surface area contributed by atoms with E-state index in [-0.39, 0.29) is 0 Å². The van der Waals surface area contributed by atoms with Crippen molar-refractivity contribution in [2.24, 2.45) is 13.0 Å². The van der Waals surface area contributed by atoms with Gasteiger partial charge >= 0.3 is 0 Å². The number of rotatable bonds is 7. The minimum atomic E-state index is 0.479. The van der Waals surface area contributed by atoms with Crippen molar-refractivity contribution < 1.29 is 0 Å². The molecule has 0 bridgehead atoms. The summed E-state index contributed by atoms with van der Waals surface area (Å²) in [7, 11) is 2.21. The van der Waals surface area contributed by atoms with E-state index in [2.05, 4.69) is 82.5 Å². The third-order valence-electron chi connectivity index (χ3n) is 5.83. The maximum Gasteiger partial charge on any atom is 0.0349 e. The minimum Gasteiger partial charge on any atom is -0.350 e. The fraction of sp³-hybridized carbons (Fsp3) is 0.259. The highest BCUT2D eigenvalue weighted by Gasteiger charge is 2.24. The lowest BCUT2D eigenvalue weighted by molar-refractivity contribution is 0.640. The first-order valence-corrected chi connectivity index (χ1v) is 11.1. The van der Waals surface area contributed by atoms with E-state index in [0.717, 1.165) is 23.3 Å². The molecular weight excluding hydrogens is 370 g/mol. The van der Waals surface area contributed by atoms with Crippen LogP contribution in [0.3, 0.4) is 0 Å². The summed E-state index contributed by atoms with van der Waals surface area (Å²) in [6.07, 6.45) is 19.2. The third-order valence-corrected chi connectivity index (χ3v) is 7.04. The molecule has 0 aromatic carbocycles. The monoisotopic (exact) mass is 401 g/mol. The van der Waals surface area contributed by atoms with Crippen molar-refractivity contribution in [3.05, 3.63) is 80.9 Å². The molecule has 0 fully saturated rings. The summed E-state index contributed by atoms with van der Waals surface area (Å²) in [5, 5.41) is 0. The molecule has 29 heavy (non-hydrogen) atoms. The molecule has 2 heteroatoms. The molecule has 3 rings (SSSR count). The zero-order chi connectivity index (χ0) is 21.1. The van der Waals surface area contributed by atoms with Crippen LogP contribution in [0.5, 0.6) is 0 Å². The molecule has 2 heterocycles. The van der Waals surface area contributed by atoms with E-state index in [1.165, 1.54) is 38.5 Å². The van der Waals surface area contributed by atoms with E-state index in [9.17, 15) is 0 Å². The Morgan fingerprint density at radius 1 is 1.03 bits per heavy atom. The number of aromatic nitrogens is 1. The highest BCUT2D eigenvalue weighted by atomic mass is 32.1. The van der Waals surface area contributed by atoms with Gasteiger partial charge in [-0.15, -0.1) is 11.3 Å². The number of hydrogen-bond acceptors (Lipinski definition) is 1. The van der Waals surface area contributed by atoms with Crippen LogP contribution >= 0.6 is 11.3 Å². The average molecular weight is 402 g/mol. The highest BCUT2D eigenvalue weighted by Crippen LogP contribution is 2.37. The molecule has 1 unspecified atom stereocenters. The molecule has 1 aliphatic rings. The molecule has 0 saturated heterocycles. The van der Waals surface area contributed by atoms with E-state index in [1.807, 2.05) is 18.2 Å². The second kappa shape index (κ2) is 8.84. The number of fused-ring (bicyclic) bond motifs is 1. The normalized spacial score (nSPS) is 16.3. The molecule has 1 atom stereocenters. The molecule has 0 saturated carbocycles. The fourth-order valence-corrected chi connectivity index (χ4v) is 5.31. The SMILES string of the molecule is C=Cc1sc(C=C)c(/C=C\C2=Cc3c(/C=C\C)c(CC)n(C)c3CC2C)c1C=C. The summed E-state index contributed by atoms with van der Waals surface area (Å²) < 4.78 is 2.40. The summed E-state index contributed by atoms with van der Waals surface area (Å²) in [4.78, 5) is 2.31. The predicted molar refractivity (Wildman–Crippen MR) is 134 cm³/mol. The molecule has 1 nitrogen and oxygen atoms in total. The fourth-order valence-electron chi connectivity index (χ4n) is 4.31. The van der Waals surface area contributed by atoms with Crippen LogP contribution in [0, 0.1) is 5.92 Å². The molecule has 2 aromatic rings. The van der Waals surface area contributed by atoms with Gasteiger partial charge in [-0.1, -0.05) is 76.1 Å². The smallest absolute Gasteiger partial charge is 0.0349 e. The lowest BCUT2D eigenvalue weighted by atomic mass is 9.86. The number of nitrogens with zero attached hydrogens (tertiary/aromatic N) is 1. The second-order valence-corrected chi connectivity index (χ2v) is 8.57. The zero-order valence-corrected chi connectivity index (χ0v) is 18.9. The summed E-state index contributed by atoms with van der Waals surface area (Å²) in [5.74, 6) is 0.479. The summed E-state index contributed by atoms with van der Waals surface area (Å²) >= 11 is 1.71.